The number of likely N-dealkylation sites (tertiary alicyclic amines) is 1. The zero-order valence-electron chi connectivity index (χ0n) is 23.2. The van der Waals surface area contributed by atoms with Gasteiger partial charge in [-0.2, -0.15) is 13.8 Å². The molecule has 0 spiro atoms. The number of piperidine rings is 1. The zero-order valence-corrected chi connectivity index (χ0v) is 23.2. The Hall–Kier alpha value is -4.27. The fourth-order valence-corrected chi connectivity index (χ4v) is 5.69. The van der Waals surface area contributed by atoms with Crippen LogP contribution in [0.25, 0.3) is 0 Å². The molecule has 2 aromatic rings. The van der Waals surface area contributed by atoms with Crippen LogP contribution in [0.15, 0.2) is 24.4 Å². The first-order valence-electron chi connectivity index (χ1n) is 13.7. The fraction of sp³-hybridized carbons (Fsp3) is 0.519. The Labute approximate surface area is 240 Å². The monoisotopic (exact) mass is 589 g/mol. The molecule has 1 aromatic heterocycles. The number of nitrogens with zero attached hydrogens (tertiary/aromatic N) is 5. The molecular formula is C27H33F2N7O6. The maximum Gasteiger partial charge on any atom is 0.407 e. The Balaban J connectivity index is 1.36. The second-order valence-corrected chi connectivity index (χ2v) is 10.7. The van der Waals surface area contributed by atoms with E-state index in [1.807, 2.05) is 0 Å². The van der Waals surface area contributed by atoms with Crippen LogP contribution in [0.4, 0.5) is 36.7 Å². The minimum absolute atomic E-state index is 0.0895. The highest BCUT2D eigenvalue weighted by molar-refractivity contribution is 6.02. The Morgan fingerprint density at radius 3 is 2.60 bits per heavy atom. The first-order valence-corrected chi connectivity index (χ1v) is 13.7. The molecule has 2 atom stereocenters. The normalized spacial score (nSPS) is 22.4. The first-order chi connectivity index (χ1) is 20.0. The predicted molar refractivity (Wildman–Crippen MR) is 148 cm³/mol. The number of hydrogen-bond donors (Lipinski definition) is 4. The largest absolute Gasteiger partial charge is 0.495 e. The molecule has 15 heteroatoms. The molecule has 2 aliphatic heterocycles. The summed E-state index contributed by atoms with van der Waals surface area (Å²) in [6.45, 7) is -0.696. The number of carboxylic acid groups (broad SMARTS) is 1. The summed E-state index contributed by atoms with van der Waals surface area (Å²) in [5.74, 6) is -4.79. The van der Waals surface area contributed by atoms with Crippen molar-refractivity contribution in [2.45, 2.75) is 56.2 Å². The average Bonchev–Trinajstić information content (AvgIpc) is 3.49. The minimum atomic E-state index is -3.59. The number of amides is 3. The lowest BCUT2D eigenvalue weighted by molar-refractivity contribution is -0.140. The van der Waals surface area contributed by atoms with E-state index in [4.69, 9.17) is 9.84 Å². The summed E-state index contributed by atoms with van der Waals surface area (Å²) in [4.78, 5) is 48.9. The van der Waals surface area contributed by atoms with Crippen LogP contribution in [0.5, 0.6) is 5.75 Å². The number of carbonyl (C=O) groups excluding carboxylic acids is 2. The molecule has 4 N–H and O–H groups in total. The van der Waals surface area contributed by atoms with Crippen LogP contribution in [0.2, 0.25) is 0 Å². The van der Waals surface area contributed by atoms with Crippen LogP contribution in [-0.4, -0.2) is 101 Å². The number of nitrogens with one attached hydrogen (secondary N) is 2. The number of aliphatic hydroxyl groups excluding tert-OH is 1. The molecule has 5 rings (SSSR count). The molecule has 1 saturated carbocycles. The van der Waals surface area contributed by atoms with Crippen LogP contribution in [-0.2, 0) is 4.79 Å². The number of anilines is 4. The molecule has 3 heterocycles. The van der Waals surface area contributed by atoms with Gasteiger partial charge < -0.3 is 40.3 Å². The van der Waals surface area contributed by atoms with Crippen molar-refractivity contribution in [2.75, 3.05) is 48.9 Å². The molecule has 1 saturated heterocycles. The number of benzene rings is 1. The molecule has 1 aliphatic carbocycles. The van der Waals surface area contributed by atoms with Gasteiger partial charge in [-0.05, 0) is 37.5 Å². The standard InChI is InChI=1S/C27H33F2N7O6/c1-34-19-12-30-25(33-22(19)36(16-5-3-4-6-16)14-27(28,29)24(34)39)32-18-8-7-15(11-21(18)42-2)23(38)31-17-9-10-35(26(40)41)13-20(17)37/h7-8,11-12,16-17,20,37H,3-6,9-10,13-14H2,1-2H3,(H,31,38)(H,40,41)(H,30,32,33). The third-order valence-corrected chi connectivity index (χ3v) is 8.01. The third kappa shape index (κ3) is 5.73. The van der Waals surface area contributed by atoms with Crippen molar-refractivity contribution in [3.8, 4) is 5.75 Å². The number of halogens is 2. The molecule has 42 heavy (non-hydrogen) atoms. The van der Waals surface area contributed by atoms with Crippen LogP contribution in [0, 0.1) is 0 Å². The van der Waals surface area contributed by atoms with Gasteiger partial charge in [0, 0.05) is 25.2 Å². The lowest BCUT2D eigenvalue weighted by Crippen LogP contribution is -2.55. The highest BCUT2D eigenvalue weighted by Gasteiger charge is 2.48. The number of ether oxygens (including phenoxy) is 1. The molecule has 0 bridgehead atoms. The number of rotatable bonds is 6. The molecule has 3 amide bonds. The van der Waals surface area contributed by atoms with Crippen molar-refractivity contribution in [3.05, 3.63) is 30.0 Å². The fourth-order valence-electron chi connectivity index (χ4n) is 5.69. The zero-order chi connectivity index (χ0) is 30.2. The molecule has 2 unspecified atom stereocenters. The van der Waals surface area contributed by atoms with Crippen molar-refractivity contribution < 1.29 is 38.1 Å². The van der Waals surface area contributed by atoms with Gasteiger partial charge in [0.1, 0.15) is 11.4 Å². The van der Waals surface area contributed by atoms with E-state index in [0.29, 0.717) is 18.5 Å². The van der Waals surface area contributed by atoms with E-state index in [9.17, 15) is 28.3 Å². The van der Waals surface area contributed by atoms with E-state index >= 15 is 0 Å². The van der Waals surface area contributed by atoms with Gasteiger partial charge in [-0.3, -0.25) is 9.59 Å². The molecule has 1 aromatic carbocycles. The minimum Gasteiger partial charge on any atom is -0.495 e. The lowest BCUT2D eigenvalue weighted by Gasteiger charge is -2.34. The smallest absolute Gasteiger partial charge is 0.407 e. The number of methoxy groups -OCH3 is 1. The van der Waals surface area contributed by atoms with Crippen molar-refractivity contribution in [3.63, 3.8) is 0 Å². The van der Waals surface area contributed by atoms with E-state index < -0.39 is 42.5 Å². The maximum absolute atomic E-state index is 14.9. The number of alkyl halides is 2. The van der Waals surface area contributed by atoms with Gasteiger partial charge in [-0.15, -0.1) is 0 Å². The van der Waals surface area contributed by atoms with Gasteiger partial charge in [-0.1, -0.05) is 12.8 Å². The number of carbonyl (C=O) groups is 3. The molecule has 0 radical (unpaired) electrons. The highest BCUT2D eigenvalue weighted by atomic mass is 19.3. The second kappa shape index (κ2) is 11.5. The van der Waals surface area contributed by atoms with E-state index in [2.05, 4.69) is 20.6 Å². The second-order valence-electron chi connectivity index (χ2n) is 10.7. The molecular weight excluding hydrogens is 556 g/mol. The van der Waals surface area contributed by atoms with Crippen molar-refractivity contribution >= 4 is 41.0 Å². The Morgan fingerprint density at radius 2 is 1.93 bits per heavy atom. The Bertz CT molecular complexity index is 1370. The van der Waals surface area contributed by atoms with E-state index in [1.165, 1.54) is 37.4 Å². The summed E-state index contributed by atoms with van der Waals surface area (Å²) < 4.78 is 35.2. The van der Waals surface area contributed by atoms with E-state index in [-0.39, 0.29) is 54.3 Å². The Morgan fingerprint density at radius 1 is 1.19 bits per heavy atom. The SMILES string of the molecule is COc1cc(C(=O)NC2CCN(C(=O)O)CC2O)ccc1Nc1ncc2c(n1)N(C1CCCC1)CC(F)(F)C(=O)N2C. The molecule has 2 fully saturated rings. The number of β-amino-alcohol motifs (C(OH)–C–C–N with tert-alkyl or cyclic N) is 1. The van der Waals surface area contributed by atoms with E-state index in [0.717, 1.165) is 22.6 Å². The quantitative estimate of drug-likeness (QED) is 0.394. The van der Waals surface area contributed by atoms with Crippen LogP contribution < -0.4 is 25.2 Å². The van der Waals surface area contributed by atoms with Gasteiger partial charge in [-0.25, -0.2) is 9.78 Å². The Kier molecular flexibility index (Phi) is 8.03. The van der Waals surface area contributed by atoms with Crippen LogP contribution >= 0.6 is 0 Å². The first kappa shape index (κ1) is 29.2. The van der Waals surface area contributed by atoms with Gasteiger partial charge >= 0.3 is 12.0 Å². The van der Waals surface area contributed by atoms with Gasteiger partial charge in [0.05, 0.1) is 44.2 Å². The summed E-state index contributed by atoms with van der Waals surface area (Å²) in [7, 11) is 2.70. The average molecular weight is 590 g/mol. The summed E-state index contributed by atoms with van der Waals surface area (Å²) in [6, 6.07) is 3.78. The van der Waals surface area contributed by atoms with Crippen molar-refractivity contribution in [2.24, 2.45) is 0 Å². The molecule has 3 aliphatic rings. The predicted octanol–water partition coefficient (Wildman–Crippen LogP) is 2.43. The lowest BCUT2D eigenvalue weighted by atomic mass is 10.0. The molecule has 13 nitrogen and oxygen atoms in total. The van der Waals surface area contributed by atoms with Gasteiger partial charge in [0.25, 0.3) is 11.8 Å². The summed E-state index contributed by atoms with van der Waals surface area (Å²) in [5, 5.41) is 25.2. The molecule has 226 valence electrons. The highest BCUT2D eigenvalue weighted by Crippen LogP contribution is 2.40. The summed E-state index contributed by atoms with van der Waals surface area (Å²) in [6.07, 6.45) is 2.65. The summed E-state index contributed by atoms with van der Waals surface area (Å²) >= 11 is 0. The van der Waals surface area contributed by atoms with Crippen molar-refractivity contribution in [1.82, 2.24) is 20.2 Å². The topological polar surface area (TPSA) is 160 Å². The van der Waals surface area contributed by atoms with Crippen LogP contribution in [0.1, 0.15) is 42.5 Å². The summed E-state index contributed by atoms with van der Waals surface area (Å²) in [5.41, 5.74) is 0.826. The van der Waals surface area contributed by atoms with Gasteiger partial charge in [0.2, 0.25) is 5.95 Å². The maximum atomic E-state index is 14.9. The van der Waals surface area contributed by atoms with Crippen molar-refractivity contribution in [1.29, 1.82) is 0 Å². The van der Waals surface area contributed by atoms with E-state index in [1.54, 1.807) is 6.07 Å². The van der Waals surface area contributed by atoms with Crippen LogP contribution in [0.3, 0.4) is 0 Å². The number of aliphatic hydroxyl groups is 1. The van der Waals surface area contributed by atoms with Gasteiger partial charge in [0.15, 0.2) is 5.82 Å². The number of fused-ring (bicyclic) bond motifs is 1. The number of hydrogen-bond acceptors (Lipinski definition) is 9. The number of aromatic nitrogens is 2. The third-order valence-electron chi connectivity index (χ3n) is 8.01.